The summed E-state index contributed by atoms with van der Waals surface area (Å²) < 4.78 is 7.49. The van der Waals surface area contributed by atoms with Gasteiger partial charge in [-0.1, -0.05) is 24.6 Å². The van der Waals surface area contributed by atoms with Gasteiger partial charge in [-0.05, 0) is 62.2 Å². The van der Waals surface area contributed by atoms with Crippen LogP contribution in [0, 0.1) is 6.92 Å². The number of hydrogen-bond donors (Lipinski definition) is 1. The van der Waals surface area contributed by atoms with E-state index in [9.17, 15) is 0 Å². The molecule has 3 aromatic heterocycles. The minimum atomic E-state index is 0.711. The lowest BCUT2D eigenvalue weighted by molar-refractivity contribution is 0.122. The summed E-state index contributed by atoms with van der Waals surface area (Å²) in [4.78, 5) is 16.5. The standard InChI is InChI=1S/C29H32N6O/c1-4-21(2)18-23(19-26-22(3)6-5-11-30-26)27-20-35-13-12-31-29(35)28(33-27)32-24-7-9-25(10-8-24)34-14-16-36-17-15-34/h5-13,18-20H,4,14-17H2,1-3H3,(H,32,33)/b21-18?,23-19+. The van der Waals surface area contributed by atoms with Crippen LogP contribution in [0.5, 0.6) is 0 Å². The number of nitrogens with zero attached hydrogens (tertiary/aromatic N) is 5. The number of hydrogen-bond acceptors (Lipinski definition) is 6. The van der Waals surface area contributed by atoms with E-state index in [2.05, 4.69) is 83.4 Å². The molecule has 7 nitrogen and oxygen atoms in total. The van der Waals surface area contributed by atoms with Gasteiger partial charge in [0.1, 0.15) is 0 Å². The third kappa shape index (κ3) is 5.31. The Hall–Kier alpha value is -3.97. The molecule has 1 N–H and O–H groups in total. The lowest BCUT2D eigenvalue weighted by Gasteiger charge is -2.28. The van der Waals surface area contributed by atoms with E-state index in [-0.39, 0.29) is 0 Å². The molecule has 0 spiro atoms. The second kappa shape index (κ2) is 10.7. The van der Waals surface area contributed by atoms with E-state index < -0.39 is 0 Å². The minimum absolute atomic E-state index is 0.711. The van der Waals surface area contributed by atoms with Gasteiger partial charge in [-0.25, -0.2) is 9.97 Å². The first kappa shape index (κ1) is 23.8. The minimum Gasteiger partial charge on any atom is -0.378 e. The Kier molecular flexibility index (Phi) is 7.09. The number of nitrogens with one attached hydrogen (secondary N) is 1. The van der Waals surface area contributed by atoms with Crippen LogP contribution >= 0.6 is 0 Å². The van der Waals surface area contributed by atoms with Crippen molar-refractivity contribution in [1.29, 1.82) is 0 Å². The van der Waals surface area contributed by atoms with Crippen LogP contribution in [0.2, 0.25) is 0 Å². The lowest BCUT2D eigenvalue weighted by Crippen LogP contribution is -2.36. The van der Waals surface area contributed by atoms with Crippen LogP contribution in [0.3, 0.4) is 0 Å². The molecule has 0 atom stereocenters. The first-order valence-corrected chi connectivity index (χ1v) is 12.4. The highest BCUT2D eigenvalue weighted by Crippen LogP contribution is 2.27. The molecule has 5 rings (SSSR count). The van der Waals surface area contributed by atoms with Gasteiger partial charge in [-0.3, -0.25) is 4.98 Å². The zero-order chi connectivity index (χ0) is 24.9. The van der Waals surface area contributed by atoms with Crippen LogP contribution in [0.25, 0.3) is 17.3 Å². The second-order valence-electron chi connectivity index (χ2n) is 9.05. The maximum Gasteiger partial charge on any atom is 0.180 e. The summed E-state index contributed by atoms with van der Waals surface area (Å²) in [6, 6.07) is 12.5. The second-order valence-corrected chi connectivity index (χ2v) is 9.05. The average molecular weight is 481 g/mol. The summed E-state index contributed by atoms with van der Waals surface area (Å²) in [7, 11) is 0. The van der Waals surface area contributed by atoms with Crippen LogP contribution in [0.15, 0.2) is 72.8 Å². The predicted octanol–water partition coefficient (Wildman–Crippen LogP) is 5.91. The van der Waals surface area contributed by atoms with Gasteiger partial charge < -0.3 is 19.4 Å². The number of aryl methyl sites for hydroxylation is 1. The van der Waals surface area contributed by atoms with Gasteiger partial charge >= 0.3 is 0 Å². The van der Waals surface area contributed by atoms with E-state index in [1.165, 1.54) is 11.3 Å². The molecule has 7 heteroatoms. The summed E-state index contributed by atoms with van der Waals surface area (Å²) in [6.45, 7) is 9.76. The van der Waals surface area contributed by atoms with Crippen molar-refractivity contribution >= 4 is 34.5 Å². The fourth-order valence-corrected chi connectivity index (χ4v) is 4.22. The van der Waals surface area contributed by atoms with Crippen LogP contribution in [0.1, 0.15) is 37.2 Å². The van der Waals surface area contributed by atoms with Crippen LogP contribution in [-0.2, 0) is 4.74 Å². The zero-order valence-corrected chi connectivity index (χ0v) is 21.1. The normalized spacial score (nSPS) is 14.9. The molecule has 0 saturated carbocycles. The van der Waals surface area contributed by atoms with Crippen molar-refractivity contribution in [1.82, 2.24) is 19.4 Å². The Morgan fingerprint density at radius 2 is 1.89 bits per heavy atom. The average Bonchev–Trinajstić information content (AvgIpc) is 3.39. The highest BCUT2D eigenvalue weighted by molar-refractivity contribution is 5.87. The summed E-state index contributed by atoms with van der Waals surface area (Å²) in [5.41, 5.74) is 8.15. The van der Waals surface area contributed by atoms with Gasteiger partial charge in [0.2, 0.25) is 0 Å². The molecule has 184 valence electrons. The number of anilines is 3. The number of morpholine rings is 1. The highest BCUT2D eigenvalue weighted by Gasteiger charge is 2.13. The first-order chi connectivity index (χ1) is 17.6. The molecule has 4 heterocycles. The van der Waals surface area contributed by atoms with E-state index in [0.29, 0.717) is 5.82 Å². The van der Waals surface area contributed by atoms with Crippen LogP contribution in [-0.4, -0.2) is 45.7 Å². The van der Waals surface area contributed by atoms with E-state index in [1.807, 2.05) is 29.1 Å². The number of allylic oxidation sites excluding steroid dienone is 3. The summed E-state index contributed by atoms with van der Waals surface area (Å²) in [5, 5.41) is 3.50. The molecule has 1 fully saturated rings. The Morgan fingerprint density at radius 1 is 1.08 bits per heavy atom. The molecule has 1 aromatic carbocycles. The molecular formula is C29H32N6O. The third-order valence-corrected chi connectivity index (χ3v) is 6.48. The van der Waals surface area contributed by atoms with Crippen molar-refractivity contribution in [3.63, 3.8) is 0 Å². The molecule has 36 heavy (non-hydrogen) atoms. The molecule has 1 aliphatic heterocycles. The molecule has 1 saturated heterocycles. The lowest BCUT2D eigenvalue weighted by atomic mass is 10.0. The molecule has 0 amide bonds. The Balaban J connectivity index is 1.51. The van der Waals surface area contributed by atoms with Gasteiger partial charge in [0, 0.05) is 54.8 Å². The fraction of sp³-hybridized carbons (Fsp3) is 0.276. The third-order valence-electron chi connectivity index (χ3n) is 6.48. The number of imidazole rings is 1. The smallest absolute Gasteiger partial charge is 0.180 e. The van der Waals surface area contributed by atoms with Crippen molar-refractivity contribution in [3.05, 3.63) is 89.8 Å². The predicted molar refractivity (Wildman–Crippen MR) is 147 cm³/mol. The van der Waals surface area contributed by atoms with Crippen LogP contribution < -0.4 is 10.2 Å². The topological polar surface area (TPSA) is 67.6 Å². The molecule has 0 unspecified atom stereocenters. The zero-order valence-electron chi connectivity index (χ0n) is 21.1. The number of rotatable bonds is 7. The summed E-state index contributed by atoms with van der Waals surface area (Å²) in [6.07, 6.45) is 12.9. The summed E-state index contributed by atoms with van der Waals surface area (Å²) >= 11 is 0. The molecule has 0 aliphatic carbocycles. The van der Waals surface area contributed by atoms with Crippen molar-refractivity contribution in [2.75, 3.05) is 36.5 Å². The maximum atomic E-state index is 5.48. The molecule has 0 bridgehead atoms. The highest BCUT2D eigenvalue weighted by atomic mass is 16.5. The van der Waals surface area contributed by atoms with Gasteiger partial charge in [0.15, 0.2) is 11.5 Å². The fourth-order valence-electron chi connectivity index (χ4n) is 4.22. The van der Waals surface area contributed by atoms with Gasteiger partial charge in [-0.15, -0.1) is 0 Å². The van der Waals surface area contributed by atoms with Crippen molar-refractivity contribution in [2.24, 2.45) is 0 Å². The van der Waals surface area contributed by atoms with Crippen molar-refractivity contribution in [3.8, 4) is 0 Å². The number of benzene rings is 1. The molecule has 0 radical (unpaired) electrons. The Morgan fingerprint density at radius 3 is 2.64 bits per heavy atom. The molecule has 1 aliphatic rings. The van der Waals surface area contributed by atoms with Crippen LogP contribution in [0.4, 0.5) is 17.2 Å². The quantitative estimate of drug-likeness (QED) is 0.332. The number of ether oxygens (including phenoxy) is 1. The number of aromatic nitrogens is 4. The van der Waals surface area contributed by atoms with E-state index in [0.717, 1.165) is 66.6 Å². The van der Waals surface area contributed by atoms with Gasteiger partial charge in [-0.2, -0.15) is 0 Å². The van der Waals surface area contributed by atoms with Crippen molar-refractivity contribution < 1.29 is 4.74 Å². The van der Waals surface area contributed by atoms with Crippen molar-refractivity contribution in [2.45, 2.75) is 27.2 Å². The van der Waals surface area contributed by atoms with Gasteiger partial charge in [0.25, 0.3) is 0 Å². The summed E-state index contributed by atoms with van der Waals surface area (Å²) in [5.74, 6) is 0.711. The largest absolute Gasteiger partial charge is 0.378 e. The van der Waals surface area contributed by atoms with E-state index in [4.69, 9.17) is 9.72 Å². The first-order valence-electron chi connectivity index (χ1n) is 12.4. The SMILES string of the molecule is CCC(C)=C/C(=C\c1ncccc1C)c1cn2ccnc2c(Nc2ccc(N3CCOCC3)cc2)n1. The van der Waals surface area contributed by atoms with E-state index in [1.54, 1.807) is 6.20 Å². The number of pyridine rings is 1. The monoisotopic (exact) mass is 480 g/mol. The maximum absolute atomic E-state index is 5.48. The number of fused-ring (bicyclic) bond motifs is 1. The molecule has 4 aromatic rings. The Bertz CT molecular complexity index is 1400. The van der Waals surface area contributed by atoms with E-state index >= 15 is 0 Å². The Labute approximate surface area is 212 Å². The molecular weight excluding hydrogens is 448 g/mol. The van der Waals surface area contributed by atoms with Gasteiger partial charge in [0.05, 0.1) is 24.6 Å².